The van der Waals surface area contributed by atoms with E-state index in [-0.39, 0.29) is 5.54 Å². The van der Waals surface area contributed by atoms with E-state index in [1.807, 2.05) is 11.3 Å². The lowest BCUT2D eigenvalue weighted by Crippen LogP contribution is -2.51. The molecular weight excluding hydrogens is 242 g/mol. The van der Waals surface area contributed by atoms with E-state index in [0.717, 1.165) is 13.1 Å². The summed E-state index contributed by atoms with van der Waals surface area (Å²) in [5.41, 5.74) is 1.33. The lowest BCUT2D eigenvalue weighted by atomic mass is 9.88. The monoisotopic (exact) mass is 267 g/mol. The van der Waals surface area contributed by atoms with Crippen LogP contribution in [0.1, 0.15) is 42.3 Å². The van der Waals surface area contributed by atoms with Gasteiger partial charge in [-0.3, -0.25) is 0 Å². The van der Waals surface area contributed by atoms with Crippen LogP contribution in [0, 0.1) is 13.8 Å². The van der Waals surface area contributed by atoms with Crippen molar-refractivity contribution in [3.63, 3.8) is 0 Å². The minimum absolute atomic E-state index is 0.129. The number of aromatic nitrogens is 1. The van der Waals surface area contributed by atoms with Gasteiger partial charge in [0.2, 0.25) is 0 Å². The van der Waals surface area contributed by atoms with Gasteiger partial charge in [0.25, 0.3) is 0 Å². The Kier molecular flexibility index (Phi) is 4.41. The summed E-state index contributed by atoms with van der Waals surface area (Å²) in [6.45, 7) is 13.3. The fourth-order valence-electron chi connectivity index (χ4n) is 2.73. The van der Waals surface area contributed by atoms with Gasteiger partial charge in [-0.2, -0.15) is 0 Å². The van der Waals surface area contributed by atoms with E-state index in [9.17, 15) is 0 Å². The highest BCUT2D eigenvalue weighted by atomic mass is 32.1. The van der Waals surface area contributed by atoms with Crippen LogP contribution in [-0.4, -0.2) is 36.1 Å². The molecule has 4 heteroatoms. The maximum Gasteiger partial charge on any atom is 0.113 e. The summed E-state index contributed by atoms with van der Waals surface area (Å²) in [6, 6.07) is 0. The predicted octanol–water partition coefficient (Wildman–Crippen LogP) is 2.68. The Morgan fingerprint density at radius 3 is 2.39 bits per heavy atom. The number of piperidine rings is 1. The van der Waals surface area contributed by atoms with Gasteiger partial charge in [-0.25, -0.2) is 4.98 Å². The molecule has 1 fully saturated rings. The molecule has 0 saturated carbocycles. The third-order valence-corrected chi connectivity index (χ3v) is 5.39. The van der Waals surface area contributed by atoms with Crippen LogP contribution in [-0.2, 0) is 5.54 Å². The second-order valence-electron chi connectivity index (χ2n) is 5.21. The van der Waals surface area contributed by atoms with E-state index in [1.165, 1.54) is 41.5 Å². The Bertz CT molecular complexity index is 372. The van der Waals surface area contributed by atoms with Crippen molar-refractivity contribution in [3.8, 4) is 0 Å². The zero-order chi connectivity index (χ0) is 13.2. The van der Waals surface area contributed by atoms with Gasteiger partial charge in [0.1, 0.15) is 5.01 Å². The number of rotatable bonds is 4. The molecule has 1 aliphatic heterocycles. The van der Waals surface area contributed by atoms with Crippen molar-refractivity contribution in [2.75, 3.05) is 26.2 Å². The highest BCUT2D eigenvalue weighted by molar-refractivity contribution is 7.11. The molecular formula is C14H25N3S. The Hall–Kier alpha value is -0.450. The van der Waals surface area contributed by atoms with Crippen LogP contribution in [0.15, 0.2) is 0 Å². The fraction of sp³-hybridized carbons (Fsp3) is 0.786. The van der Waals surface area contributed by atoms with E-state index in [2.05, 4.69) is 37.9 Å². The maximum atomic E-state index is 4.81. The molecule has 3 nitrogen and oxygen atoms in total. The van der Waals surface area contributed by atoms with E-state index < -0.39 is 0 Å². The third-order valence-electron chi connectivity index (χ3n) is 4.11. The molecule has 0 aliphatic carbocycles. The van der Waals surface area contributed by atoms with E-state index in [0.29, 0.717) is 0 Å². The molecule has 0 unspecified atom stereocenters. The molecule has 0 atom stereocenters. The van der Waals surface area contributed by atoms with Crippen LogP contribution >= 0.6 is 11.3 Å². The van der Waals surface area contributed by atoms with E-state index >= 15 is 0 Å². The van der Waals surface area contributed by atoms with E-state index in [4.69, 9.17) is 4.98 Å². The first-order valence-electron chi connectivity index (χ1n) is 7.03. The van der Waals surface area contributed by atoms with Gasteiger partial charge in [0.15, 0.2) is 0 Å². The Morgan fingerprint density at radius 1 is 1.28 bits per heavy atom. The van der Waals surface area contributed by atoms with Crippen LogP contribution in [0.25, 0.3) is 0 Å². The van der Waals surface area contributed by atoms with Crippen molar-refractivity contribution < 1.29 is 0 Å². The van der Waals surface area contributed by atoms with Gasteiger partial charge in [-0.15, -0.1) is 11.3 Å². The van der Waals surface area contributed by atoms with Crippen LogP contribution < -0.4 is 5.32 Å². The molecule has 1 N–H and O–H groups in total. The fourth-order valence-corrected chi connectivity index (χ4v) is 3.87. The average molecular weight is 267 g/mol. The van der Waals surface area contributed by atoms with Gasteiger partial charge in [-0.05, 0) is 39.8 Å². The summed E-state index contributed by atoms with van der Waals surface area (Å²) in [4.78, 5) is 8.71. The third kappa shape index (κ3) is 2.60. The first-order chi connectivity index (χ1) is 8.61. The summed E-state index contributed by atoms with van der Waals surface area (Å²) in [6.07, 6.45) is 2.36. The summed E-state index contributed by atoms with van der Waals surface area (Å²) >= 11 is 1.88. The lowest BCUT2D eigenvalue weighted by molar-refractivity contribution is 0.140. The Morgan fingerprint density at radius 2 is 1.94 bits per heavy atom. The number of nitrogens with zero attached hydrogens (tertiary/aromatic N) is 2. The molecule has 18 heavy (non-hydrogen) atoms. The largest absolute Gasteiger partial charge is 0.306 e. The molecule has 0 spiro atoms. The zero-order valence-corrected chi connectivity index (χ0v) is 12.9. The molecule has 2 heterocycles. The van der Waals surface area contributed by atoms with Crippen molar-refractivity contribution >= 4 is 11.3 Å². The second kappa shape index (κ2) is 5.68. The molecule has 1 aromatic heterocycles. The van der Waals surface area contributed by atoms with Crippen molar-refractivity contribution in [3.05, 3.63) is 15.6 Å². The van der Waals surface area contributed by atoms with Gasteiger partial charge in [0.05, 0.1) is 11.2 Å². The van der Waals surface area contributed by atoms with Gasteiger partial charge in [-0.1, -0.05) is 13.8 Å². The second-order valence-corrected chi connectivity index (χ2v) is 6.41. The smallest absolute Gasteiger partial charge is 0.113 e. The minimum atomic E-state index is 0.129. The van der Waals surface area contributed by atoms with Crippen LogP contribution in [0.4, 0.5) is 0 Å². The quantitative estimate of drug-likeness (QED) is 0.909. The minimum Gasteiger partial charge on any atom is -0.306 e. The summed E-state index contributed by atoms with van der Waals surface area (Å²) in [5, 5.41) is 5.02. The molecule has 1 aliphatic rings. The molecule has 102 valence electrons. The Balaban J connectivity index is 2.22. The molecule has 2 rings (SSSR count). The SMILES string of the molecule is CCNC1(c2nc(C)c(C)s2)CCN(CC)CC1. The zero-order valence-electron chi connectivity index (χ0n) is 12.0. The van der Waals surface area contributed by atoms with Crippen molar-refractivity contribution in [2.45, 2.75) is 46.1 Å². The predicted molar refractivity (Wildman–Crippen MR) is 78.3 cm³/mol. The summed E-state index contributed by atoms with van der Waals surface area (Å²) < 4.78 is 0. The molecule has 1 saturated heterocycles. The molecule has 0 amide bonds. The van der Waals surface area contributed by atoms with Crippen molar-refractivity contribution in [1.82, 2.24) is 15.2 Å². The molecule has 1 aromatic rings. The van der Waals surface area contributed by atoms with Crippen molar-refractivity contribution in [1.29, 1.82) is 0 Å². The van der Waals surface area contributed by atoms with Crippen molar-refractivity contribution in [2.24, 2.45) is 0 Å². The summed E-state index contributed by atoms with van der Waals surface area (Å²) in [5.74, 6) is 0. The Labute approximate surface area is 115 Å². The van der Waals surface area contributed by atoms with Gasteiger partial charge < -0.3 is 10.2 Å². The number of aryl methyl sites for hydroxylation is 2. The molecule has 0 bridgehead atoms. The average Bonchev–Trinajstić information content (AvgIpc) is 2.71. The highest BCUT2D eigenvalue weighted by Crippen LogP contribution is 2.36. The topological polar surface area (TPSA) is 28.2 Å². The van der Waals surface area contributed by atoms with Crippen LogP contribution in [0.5, 0.6) is 0 Å². The van der Waals surface area contributed by atoms with E-state index in [1.54, 1.807) is 0 Å². The van der Waals surface area contributed by atoms with Crippen LogP contribution in [0.3, 0.4) is 0 Å². The van der Waals surface area contributed by atoms with Gasteiger partial charge >= 0.3 is 0 Å². The van der Waals surface area contributed by atoms with Crippen LogP contribution in [0.2, 0.25) is 0 Å². The van der Waals surface area contributed by atoms with Gasteiger partial charge in [0, 0.05) is 18.0 Å². The standard InChI is InChI=1S/C14H25N3S/c1-5-15-14(7-9-17(6-2)10-8-14)13-16-11(3)12(4)18-13/h15H,5-10H2,1-4H3. The lowest BCUT2D eigenvalue weighted by Gasteiger charge is -2.41. The first-order valence-corrected chi connectivity index (χ1v) is 7.85. The number of thiazole rings is 1. The molecule has 0 radical (unpaired) electrons. The molecule has 0 aromatic carbocycles. The number of likely N-dealkylation sites (tertiary alicyclic amines) is 1. The summed E-state index contributed by atoms with van der Waals surface area (Å²) in [7, 11) is 0. The normalized spacial score (nSPS) is 20.2. The number of nitrogens with one attached hydrogen (secondary N) is 1. The number of hydrogen-bond donors (Lipinski definition) is 1. The number of hydrogen-bond acceptors (Lipinski definition) is 4. The highest BCUT2D eigenvalue weighted by Gasteiger charge is 2.37. The maximum absolute atomic E-state index is 4.81. The first kappa shape index (κ1) is 14.0.